The van der Waals surface area contributed by atoms with Crippen molar-refractivity contribution in [2.45, 2.75) is 31.4 Å². The van der Waals surface area contributed by atoms with Crippen LogP contribution in [0.25, 0.3) is 0 Å². The Morgan fingerprint density at radius 1 is 1.53 bits per heavy atom. The summed E-state index contributed by atoms with van der Waals surface area (Å²) in [6.45, 7) is 0.628. The lowest BCUT2D eigenvalue weighted by Gasteiger charge is -2.16. The van der Waals surface area contributed by atoms with Crippen LogP contribution in [-0.4, -0.2) is 41.3 Å². The zero-order valence-electron chi connectivity index (χ0n) is 8.74. The number of rotatable bonds is 3. The molecule has 4 nitrogen and oxygen atoms in total. The topological polar surface area (TPSA) is 61.4 Å². The maximum Gasteiger partial charge on any atom is 0.238 e. The largest absolute Gasteiger partial charge is 0.393 e. The highest BCUT2D eigenvalue weighted by molar-refractivity contribution is 7.99. The Labute approximate surface area is 94.2 Å². The van der Waals surface area contributed by atoms with Gasteiger partial charge in [-0.1, -0.05) is 6.42 Å². The molecule has 1 aliphatic carbocycles. The van der Waals surface area contributed by atoms with Crippen molar-refractivity contribution in [2.75, 3.05) is 18.2 Å². The third kappa shape index (κ3) is 2.86. The molecule has 15 heavy (non-hydrogen) atoms. The van der Waals surface area contributed by atoms with Crippen molar-refractivity contribution in [2.24, 2.45) is 5.92 Å². The zero-order chi connectivity index (χ0) is 10.7. The van der Waals surface area contributed by atoms with E-state index in [1.165, 1.54) is 0 Å². The molecule has 0 aromatic carbocycles. The summed E-state index contributed by atoms with van der Waals surface area (Å²) in [5, 5.41) is 15.6. The summed E-state index contributed by atoms with van der Waals surface area (Å²) in [5.41, 5.74) is 0. The van der Waals surface area contributed by atoms with Gasteiger partial charge < -0.3 is 10.4 Å². The molecule has 3 N–H and O–H groups in total. The van der Waals surface area contributed by atoms with Gasteiger partial charge in [0.2, 0.25) is 5.91 Å². The average molecular weight is 230 g/mol. The number of amides is 1. The van der Waals surface area contributed by atoms with Crippen molar-refractivity contribution >= 4 is 17.7 Å². The summed E-state index contributed by atoms with van der Waals surface area (Å²) in [5.74, 6) is 2.07. The van der Waals surface area contributed by atoms with Gasteiger partial charge in [0.25, 0.3) is 0 Å². The Balaban J connectivity index is 1.70. The lowest BCUT2D eigenvalue weighted by atomic mass is 10.1. The molecule has 1 heterocycles. The van der Waals surface area contributed by atoms with Crippen LogP contribution in [0.1, 0.15) is 19.3 Å². The van der Waals surface area contributed by atoms with E-state index in [1.807, 2.05) is 0 Å². The minimum Gasteiger partial charge on any atom is -0.393 e. The molecule has 2 aliphatic rings. The van der Waals surface area contributed by atoms with E-state index in [-0.39, 0.29) is 24.0 Å². The van der Waals surface area contributed by atoms with E-state index in [0.717, 1.165) is 30.9 Å². The van der Waals surface area contributed by atoms with Crippen molar-refractivity contribution < 1.29 is 9.90 Å². The van der Waals surface area contributed by atoms with Crippen LogP contribution in [0.4, 0.5) is 0 Å². The van der Waals surface area contributed by atoms with Crippen LogP contribution in [0.15, 0.2) is 0 Å². The number of thioether (sulfide) groups is 1. The lowest BCUT2D eigenvalue weighted by molar-refractivity contribution is -0.122. The average Bonchev–Trinajstić information content (AvgIpc) is 2.85. The van der Waals surface area contributed by atoms with Crippen LogP contribution >= 0.6 is 11.8 Å². The van der Waals surface area contributed by atoms with Gasteiger partial charge in [-0.05, 0) is 12.8 Å². The predicted molar refractivity (Wildman–Crippen MR) is 60.6 cm³/mol. The van der Waals surface area contributed by atoms with Crippen LogP contribution in [0.2, 0.25) is 0 Å². The lowest BCUT2D eigenvalue weighted by Crippen LogP contribution is -2.44. The van der Waals surface area contributed by atoms with Crippen LogP contribution < -0.4 is 10.6 Å². The molecule has 3 unspecified atom stereocenters. The Hall–Kier alpha value is -0.260. The molecule has 0 aromatic rings. The molecule has 2 fully saturated rings. The maximum absolute atomic E-state index is 11.6. The summed E-state index contributed by atoms with van der Waals surface area (Å²) in [6.07, 6.45) is 2.79. The van der Waals surface area contributed by atoms with Crippen LogP contribution in [0.3, 0.4) is 0 Å². The molecule has 1 amide bonds. The second-order valence-electron chi connectivity index (χ2n) is 4.28. The number of aliphatic hydroxyl groups is 1. The van der Waals surface area contributed by atoms with Gasteiger partial charge >= 0.3 is 0 Å². The number of aliphatic hydroxyl groups excluding tert-OH is 1. The second kappa shape index (κ2) is 5.18. The van der Waals surface area contributed by atoms with Gasteiger partial charge in [0.1, 0.15) is 0 Å². The van der Waals surface area contributed by atoms with Gasteiger partial charge in [-0.3, -0.25) is 10.1 Å². The van der Waals surface area contributed by atoms with Crippen LogP contribution in [0.5, 0.6) is 0 Å². The molecule has 0 aromatic heterocycles. The number of nitrogens with one attached hydrogen (secondary N) is 2. The van der Waals surface area contributed by atoms with Crippen molar-refractivity contribution in [3.8, 4) is 0 Å². The van der Waals surface area contributed by atoms with Gasteiger partial charge in [-0.2, -0.15) is 0 Å². The monoisotopic (exact) mass is 230 g/mol. The van der Waals surface area contributed by atoms with Crippen molar-refractivity contribution in [3.63, 3.8) is 0 Å². The van der Waals surface area contributed by atoms with Crippen LogP contribution in [0, 0.1) is 5.92 Å². The van der Waals surface area contributed by atoms with Gasteiger partial charge in [-0.15, -0.1) is 11.8 Å². The Bertz CT molecular complexity index is 231. The third-order valence-corrected chi connectivity index (χ3v) is 4.13. The zero-order valence-corrected chi connectivity index (χ0v) is 9.55. The molecule has 1 saturated heterocycles. The number of carbonyl (C=O) groups excluding carboxylic acids is 1. The van der Waals surface area contributed by atoms with Crippen molar-refractivity contribution in [1.29, 1.82) is 0 Å². The van der Waals surface area contributed by atoms with Gasteiger partial charge in [-0.25, -0.2) is 0 Å². The third-order valence-electron chi connectivity index (χ3n) is 3.19. The quantitative estimate of drug-likeness (QED) is 0.635. The number of hydrogen-bond donors (Lipinski definition) is 3. The first-order valence-electron chi connectivity index (χ1n) is 5.54. The minimum atomic E-state index is -0.212. The summed E-state index contributed by atoms with van der Waals surface area (Å²) < 4.78 is 0. The van der Waals surface area contributed by atoms with Gasteiger partial charge in [0.15, 0.2) is 0 Å². The molecule has 5 heteroatoms. The fourth-order valence-electron chi connectivity index (χ4n) is 2.17. The molecular weight excluding hydrogens is 212 g/mol. The highest BCUT2D eigenvalue weighted by atomic mass is 32.2. The number of carbonyl (C=O) groups is 1. The molecule has 0 radical (unpaired) electrons. The standard InChI is InChI=1S/C10H18N2O2S/c13-9-3-1-2-7(9)4-11-10(14)8-5-15-6-12-8/h7-9,12-13H,1-6H2,(H,11,14). The molecule has 0 spiro atoms. The second-order valence-corrected chi connectivity index (χ2v) is 5.31. The number of hydrogen-bond acceptors (Lipinski definition) is 4. The Morgan fingerprint density at radius 2 is 2.40 bits per heavy atom. The Kier molecular flexibility index (Phi) is 3.88. The first-order valence-corrected chi connectivity index (χ1v) is 6.70. The first-order chi connectivity index (χ1) is 7.27. The molecule has 3 atom stereocenters. The van der Waals surface area contributed by atoms with Crippen LogP contribution in [-0.2, 0) is 4.79 Å². The Morgan fingerprint density at radius 3 is 3.00 bits per heavy atom. The molecule has 2 rings (SSSR count). The normalized spacial score (nSPS) is 35.7. The summed E-state index contributed by atoms with van der Waals surface area (Å²) in [6, 6.07) is -0.0338. The van der Waals surface area contributed by atoms with E-state index in [0.29, 0.717) is 6.54 Å². The molecule has 0 bridgehead atoms. The minimum absolute atomic E-state index is 0.0338. The molecular formula is C10H18N2O2S. The van der Waals surface area contributed by atoms with Crippen molar-refractivity contribution in [3.05, 3.63) is 0 Å². The summed E-state index contributed by atoms with van der Waals surface area (Å²) >= 11 is 1.75. The van der Waals surface area contributed by atoms with E-state index in [1.54, 1.807) is 11.8 Å². The molecule has 1 aliphatic heterocycles. The fourth-order valence-corrected chi connectivity index (χ4v) is 3.12. The van der Waals surface area contributed by atoms with E-state index in [2.05, 4.69) is 10.6 Å². The highest BCUT2D eigenvalue weighted by Gasteiger charge is 2.27. The summed E-state index contributed by atoms with van der Waals surface area (Å²) in [4.78, 5) is 11.6. The predicted octanol–water partition coefficient (Wildman–Crippen LogP) is -0.0739. The smallest absolute Gasteiger partial charge is 0.238 e. The van der Waals surface area contributed by atoms with E-state index < -0.39 is 0 Å². The highest BCUT2D eigenvalue weighted by Crippen LogP contribution is 2.24. The summed E-state index contributed by atoms with van der Waals surface area (Å²) in [7, 11) is 0. The van der Waals surface area contributed by atoms with E-state index in [9.17, 15) is 9.90 Å². The van der Waals surface area contributed by atoms with E-state index in [4.69, 9.17) is 0 Å². The molecule has 1 saturated carbocycles. The molecule has 86 valence electrons. The van der Waals surface area contributed by atoms with E-state index >= 15 is 0 Å². The van der Waals surface area contributed by atoms with Gasteiger partial charge in [0.05, 0.1) is 12.1 Å². The SMILES string of the molecule is O=C(NCC1CCCC1O)C1CSCN1. The fraction of sp³-hybridized carbons (Fsp3) is 0.900. The van der Waals surface area contributed by atoms with Crippen molar-refractivity contribution in [1.82, 2.24) is 10.6 Å². The van der Waals surface area contributed by atoms with Gasteiger partial charge in [0, 0.05) is 24.1 Å². The maximum atomic E-state index is 11.6. The first kappa shape index (κ1) is 11.2.